The highest BCUT2D eigenvalue weighted by molar-refractivity contribution is 7.92. The molecule has 0 aliphatic heterocycles. The van der Waals surface area contributed by atoms with Gasteiger partial charge in [0, 0.05) is 60.3 Å². The normalized spacial score (nSPS) is 11.7. The molecule has 5 aromatic rings. The first-order valence-corrected chi connectivity index (χ1v) is 31.7. The number of halogens is 6. The van der Waals surface area contributed by atoms with Crippen molar-refractivity contribution in [3.8, 4) is 0 Å². The number of benzene rings is 5. The number of rotatable bonds is 10. The standard InChI is InChI=1S/C9H8ClFO3S.2C9H9ClO3S.C9H8F2O3S.C8H10O4S2/c1-5(12)6-3-9(15(2,13)14)8(11)4-7(6)10;1-6(11)8-5-7(14(2,12)13)3-4-9(8)10;1-6(11)7-3-4-8(10)9(5-7)14(2,12)13;1-5(12)6-3-9(15(2,13)14)8(11)4-7(6)10;1-13(9,10)7-4-3-5-8(6-7)14(2,11)12/h3-4H,1-2H3;2*3-5H,1-2H3;3-4H,1-2H3;3-6H,1-2H3. The van der Waals surface area contributed by atoms with Crippen molar-refractivity contribution < 1.29 is 82.9 Å². The Labute approximate surface area is 431 Å². The van der Waals surface area contributed by atoms with Gasteiger partial charge in [0.1, 0.15) is 27.2 Å². The van der Waals surface area contributed by atoms with Crippen molar-refractivity contribution in [2.75, 3.05) is 37.5 Å². The molecule has 72 heavy (non-hydrogen) atoms. The second-order valence-corrected chi connectivity index (χ2v) is 28.4. The first kappa shape index (κ1) is 65.2. The molecule has 0 N–H and O–H groups in total. The fourth-order valence-electron chi connectivity index (χ4n) is 5.11. The number of carbonyl (C=O) groups is 4. The Morgan fingerprint density at radius 1 is 0.347 bits per heavy atom. The zero-order chi connectivity index (χ0) is 56.4. The molecule has 0 aliphatic rings. The Bertz CT molecular complexity index is 3520. The Balaban J connectivity index is 0.000000450. The molecule has 0 aliphatic carbocycles. The lowest BCUT2D eigenvalue weighted by molar-refractivity contribution is 0.100. The van der Waals surface area contributed by atoms with Crippen molar-refractivity contribution in [3.05, 3.63) is 140 Å². The molecular formula is C44H44Cl3F3O16S6. The zero-order valence-electron chi connectivity index (χ0n) is 39.3. The zero-order valence-corrected chi connectivity index (χ0v) is 46.5. The second kappa shape index (κ2) is 25.4. The van der Waals surface area contributed by atoms with E-state index in [2.05, 4.69) is 0 Å². The van der Waals surface area contributed by atoms with Crippen molar-refractivity contribution >= 4 is 117 Å². The van der Waals surface area contributed by atoms with Crippen LogP contribution in [0, 0.1) is 17.5 Å². The molecule has 5 rings (SSSR count). The largest absolute Gasteiger partial charge is 0.295 e. The van der Waals surface area contributed by atoms with E-state index in [1.54, 1.807) is 0 Å². The summed E-state index contributed by atoms with van der Waals surface area (Å²) in [4.78, 5) is 43.0. The maximum atomic E-state index is 13.2. The van der Waals surface area contributed by atoms with Crippen LogP contribution in [-0.2, 0) is 59.0 Å². The van der Waals surface area contributed by atoms with E-state index < -0.39 is 103 Å². The minimum Gasteiger partial charge on any atom is -0.295 e. The third kappa shape index (κ3) is 20.2. The second-order valence-electron chi connectivity index (χ2n) is 15.1. The van der Waals surface area contributed by atoms with Gasteiger partial charge in [-0.25, -0.2) is 63.7 Å². The van der Waals surface area contributed by atoms with Crippen LogP contribution >= 0.6 is 34.8 Å². The highest BCUT2D eigenvalue weighted by Gasteiger charge is 2.21. The summed E-state index contributed by atoms with van der Waals surface area (Å²) in [6.07, 6.45) is 5.86. The predicted molar refractivity (Wildman–Crippen MR) is 266 cm³/mol. The molecule has 0 heterocycles. The Kier molecular flexibility index (Phi) is 23.0. The van der Waals surface area contributed by atoms with Gasteiger partial charge < -0.3 is 0 Å². The molecule has 28 heteroatoms. The summed E-state index contributed by atoms with van der Waals surface area (Å²) >= 11 is 17.0. The highest BCUT2D eigenvalue weighted by atomic mass is 35.5. The topological polar surface area (TPSA) is 273 Å². The fraction of sp³-hybridized carbons (Fsp3) is 0.227. The Hall–Kier alpha value is -4.86. The van der Waals surface area contributed by atoms with Crippen LogP contribution in [0.15, 0.2) is 114 Å². The van der Waals surface area contributed by atoms with Crippen molar-refractivity contribution in [1.82, 2.24) is 0 Å². The fourth-order valence-corrected chi connectivity index (χ4v) is 10.5. The lowest BCUT2D eigenvalue weighted by Gasteiger charge is -2.05. The molecule has 5 aromatic carbocycles. The molecule has 0 fully saturated rings. The van der Waals surface area contributed by atoms with E-state index in [4.69, 9.17) is 34.8 Å². The van der Waals surface area contributed by atoms with Gasteiger partial charge in [-0.15, -0.1) is 0 Å². The number of Topliss-reactive ketones (excluding diaryl/α,β-unsaturated/α-hetero) is 4. The van der Waals surface area contributed by atoms with Crippen molar-refractivity contribution in [2.24, 2.45) is 0 Å². The van der Waals surface area contributed by atoms with Crippen molar-refractivity contribution in [1.29, 1.82) is 0 Å². The summed E-state index contributed by atoms with van der Waals surface area (Å²) in [6, 6.07) is 16.5. The molecule has 0 saturated carbocycles. The van der Waals surface area contributed by atoms with Gasteiger partial charge in [-0.05, 0) is 100 Å². The third-order valence-electron chi connectivity index (χ3n) is 8.74. The maximum absolute atomic E-state index is 13.2. The lowest BCUT2D eigenvalue weighted by atomic mass is 10.1. The van der Waals surface area contributed by atoms with E-state index in [0.29, 0.717) is 17.7 Å². The molecule has 0 amide bonds. The van der Waals surface area contributed by atoms with Crippen LogP contribution in [0.1, 0.15) is 69.1 Å². The van der Waals surface area contributed by atoms with Crippen LogP contribution in [0.25, 0.3) is 0 Å². The van der Waals surface area contributed by atoms with E-state index in [1.165, 1.54) is 75.4 Å². The molecule has 0 radical (unpaired) electrons. The molecule has 0 atom stereocenters. The first-order valence-electron chi connectivity index (χ1n) is 19.2. The summed E-state index contributed by atoms with van der Waals surface area (Å²) in [6.45, 7) is 5.01. The van der Waals surface area contributed by atoms with Gasteiger partial charge in [0.05, 0.1) is 40.2 Å². The first-order chi connectivity index (χ1) is 32.3. The molecule has 0 aromatic heterocycles. The van der Waals surface area contributed by atoms with E-state index >= 15 is 0 Å². The summed E-state index contributed by atoms with van der Waals surface area (Å²) in [7, 11) is -20.9. The average molecular weight is 1180 g/mol. The highest BCUT2D eigenvalue weighted by Crippen LogP contribution is 2.26. The van der Waals surface area contributed by atoms with Crippen LogP contribution in [0.3, 0.4) is 0 Å². The maximum Gasteiger partial charge on any atom is 0.178 e. The minimum absolute atomic E-state index is 0.00140. The molecular weight excluding hydrogens is 1140 g/mol. The summed E-state index contributed by atoms with van der Waals surface area (Å²) in [5, 5.41) is 0.315. The number of hydrogen-bond donors (Lipinski definition) is 0. The summed E-state index contributed by atoms with van der Waals surface area (Å²) in [5.74, 6) is -4.71. The minimum atomic E-state index is -3.80. The van der Waals surface area contributed by atoms with E-state index in [0.717, 1.165) is 62.7 Å². The molecule has 0 bridgehead atoms. The van der Waals surface area contributed by atoms with Gasteiger partial charge in [-0.1, -0.05) is 40.9 Å². The van der Waals surface area contributed by atoms with E-state index in [1.807, 2.05) is 0 Å². The Morgan fingerprint density at radius 2 is 0.708 bits per heavy atom. The number of carbonyl (C=O) groups excluding carboxylic acids is 4. The monoisotopic (exact) mass is 1180 g/mol. The summed E-state index contributed by atoms with van der Waals surface area (Å²) < 4.78 is 173. The van der Waals surface area contributed by atoms with E-state index in [-0.39, 0.29) is 57.3 Å². The van der Waals surface area contributed by atoms with E-state index in [9.17, 15) is 82.9 Å². The summed E-state index contributed by atoms with van der Waals surface area (Å²) in [5.41, 5.74) is 0.139. The number of ketones is 4. The van der Waals surface area contributed by atoms with Crippen LogP contribution < -0.4 is 0 Å². The van der Waals surface area contributed by atoms with Crippen LogP contribution in [0.4, 0.5) is 13.2 Å². The third-order valence-corrected chi connectivity index (χ3v) is 16.5. The molecule has 0 saturated heterocycles. The van der Waals surface area contributed by atoms with Crippen molar-refractivity contribution in [2.45, 2.75) is 57.1 Å². The lowest BCUT2D eigenvalue weighted by Crippen LogP contribution is -2.06. The molecule has 0 unspecified atom stereocenters. The smallest absolute Gasteiger partial charge is 0.178 e. The van der Waals surface area contributed by atoms with Gasteiger partial charge in [0.15, 0.2) is 82.2 Å². The molecule has 16 nitrogen and oxygen atoms in total. The SMILES string of the molecule is CC(=O)c1cc(S(C)(=O)=O)c(F)cc1Cl.CC(=O)c1cc(S(C)(=O)=O)c(F)cc1F.CC(=O)c1cc(S(C)(=O)=O)ccc1Cl.CC(=O)c1ccc(Cl)c(S(C)(=O)=O)c1.CS(=O)(=O)c1cccc(S(C)(=O)=O)c1. The van der Waals surface area contributed by atoms with Gasteiger partial charge in [-0.3, -0.25) is 19.2 Å². The van der Waals surface area contributed by atoms with Crippen LogP contribution in [-0.4, -0.2) is 111 Å². The van der Waals surface area contributed by atoms with Gasteiger partial charge in [-0.2, -0.15) is 0 Å². The number of hydrogen-bond acceptors (Lipinski definition) is 16. The number of sulfone groups is 6. The Morgan fingerprint density at radius 3 is 1.08 bits per heavy atom. The van der Waals surface area contributed by atoms with Crippen LogP contribution in [0.2, 0.25) is 15.1 Å². The quantitative estimate of drug-likeness (QED) is 0.0945. The van der Waals surface area contributed by atoms with Gasteiger partial charge >= 0.3 is 0 Å². The molecule has 394 valence electrons. The van der Waals surface area contributed by atoms with Gasteiger partial charge in [0.25, 0.3) is 0 Å². The van der Waals surface area contributed by atoms with Gasteiger partial charge in [0.2, 0.25) is 0 Å². The van der Waals surface area contributed by atoms with Crippen LogP contribution in [0.5, 0.6) is 0 Å². The van der Waals surface area contributed by atoms with Crippen molar-refractivity contribution in [3.63, 3.8) is 0 Å². The average Bonchev–Trinajstić information content (AvgIpc) is 3.19. The predicted octanol–water partition coefficient (Wildman–Crippen LogP) is 8.04. The molecule has 0 spiro atoms.